The van der Waals surface area contributed by atoms with Crippen LogP contribution < -0.4 is 15.4 Å². The van der Waals surface area contributed by atoms with E-state index in [9.17, 15) is 0 Å². The highest BCUT2D eigenvalue weighted by Crippen LogP contribution is 2.44. The second-order valence-corrected chi connectivity index (χ2v) is 5.54. The largest absolute Gasteiger partial charge is 0.495 e. The molecule has 2 aliphatic rings. The molecule has 1 aromatic rings. The SMILES string of the molecule is COc1ccccc1N1C2CCC1CC(CN)C2. The van der Waals surface area contributed by atoms with E-state index in [0.717, 1.165) is 12.3 Å². The highest BCUT2D eigenvalue weighted by Gasteiger charge is 2.41. The van der Waals surface area contributed by atoms with Crippen molar-refractivity contribution in [2.75, 3.05) is 18.6 Å². The van der Waals surface area contributed by atoms with Gasteiger partial charge in [0.25, 0.3) is 0 Å². The smallest absolute Gasteiger partial charge is 0.142 e. The summed E-state index contributed by atoms with van der Waals surface area (Å²) in [6.07, 6.45) is 5.09. The normalized spacial score (nSPS) is 30.6. The van der Waals surface area contributed by atoms with Crippen LogP contribution in [0.15, 0.2) is 24.3 Å². The molecule has 98 valence electrons. The van der Waals surface area contributed by atoms with Gasteiger partial charge in [-0.25, -0.2) is 0 Å². The Hall–Kier alpha value is -1.22. The topological polar surface area (TPSA) is 38.5 Å². The van der Waals surface area contributed by atoms with Crippen molar-refractivity contribution in [2.45, 2.75) is 37.8 Å². The van der Waals surface area contributed by atoms with Crippen molar-refractivity contribution in [3.8, 4) is 5.75 Å². The van der Waals surface area contributed by atoms with E-state index in [4.69, 9.17) is 10.5 Å². The van der Waals surface area contributed by atoms with Crippen molar-refractivity contribution in [1.29, 1.82) is 0 Å². The quantitative estimate of drug-likeness (QED) is 0.890. The van der Waals surface area contributed by atoms with Crippen molar-refractivity contribution in [2.24, 2.45) is 11.7 Å². The summed E-state index contributed by atoms with van der Waals surface area (Å²) in [5, 5.41) is 0. The maximum Gasteiger partial charge on any atom is 0.142 e. The monoisotopic (exact) mass is 246 g/mol. The Kier molecular flexibility index (Phi) is 3.16. The molecule has 2 atom stereocenters. The van der Waals surface area contributed by atoms with Gasteiger partial charge in [-0.2, -0.15) is 0 Å². The predicted octanol–water partition coefficient (Wildman–Crippen LogP) is 2.40. The minimum Gasteiger partial charge on any atom is -0.495 e. The summed E-state index contributed by atoms with van der Waals surface area (Å²) >= 11 is 0. The third kappa shape index (κ3) is 1.87. The molecular weight excluding hydrogens is 224 g/mol. The number of anilines is 1. The van der Waals surface area contributed by atoms with E-state index >= 15 is 0 Å². The van der Waals surface area contributed by atoms with Gasteiger partial charge in [0.15, 0.2) is 0 Å². The van der Waals surface area contributed by atoms with Crippen LogP contribution in [0.5, 0.6) is 5.75 Å². The second kappa shape index (κ2) is 4.81. The van der Waals surface area contributed by atoms with Gasteiger partial charge in [0.1, 0.15) is 5.75 Å². The van der Waals surface area contributed by atoms with E-state index in [2.05, 4.69) is 23.1 Å². The Labute approximate surface area is 109 Å². The molecule has 18 heavy (non-hydrogen) atoms. The Morgan fingerprint density at radius 1 is 1.22 bits per heavy atom. The number of hydrogen-bond donors (Lipinski definition) is 1. The first-order valence-electron chi connectivity index (χ1n) is 6.95. The number of methoxy groups -OCH3 is 1. The number of rotatable bonds is 3. The summed E-state index contributed by atoms with van der Waals surface area (Å²) in [6.45, 7) is 0.840. The molecule has 1 aromatic carbocycles. The fourth-order valence-electron chi connectivity index (χ4n) is 3.72. The lowest BCUT2D eigenvalue weighted by Gasteiger charge is -2.40. The van der Waals surface area contributed by atoms with E-state index in [0.29, 0.717) is 18.0 Å². The minimum absolute atomic E-state index is 0.661. The number of nitrogens with zero attached hydrogens (tertiary/aromatic N) is 1. The van der Waals surface area contributed by atoms with Gasteiger partial charge in [-0.05, 0) is 50.3 Å². The third-order valence-electron chi connectivity index (χ3n) is 4.53. The molecule has 2 unspecified atom stereocenters. The van der Waals surface area contributed by atoms with Crippen LogP contribution in [0.4, 0.5) is 5.69 Å². The molecule has 0 saturated carbocycles. The fraction of sp³-hybridized carbons (Fsp3) is 0.600. The Morgan fingerprint density at radius 2 is 1.89 bits per heavy atom. The number of para-hydroxylation sites is 2. The first kappa shape index (κ1) is 11.8. The molecule has 2 N–H and O–H groups in total. The van der Waals surface area contributed by atoms with E-state index in [-0.39, 0.29) is 0 Å². The summed E-state index contributed by atoms with van der Waals surface area (Å²) in [4.78, 5) is 2.59. The molecule has 0 aliphatic carbocycles. The second-order valence-electron chi connectivity index (χ2n) is 5.54. The maximum atomic E-state index is 5.85. The molecule has 2 bridgehead atoms. The fourth-order valence-corrected chi connectivity index (χ4v) is 3.72. The Bertz CT molecular complexity index is 407. The molecule has 0 aromatic heterocycles. The number of nitrogens with two attached hydrogens (primary N) is 1. The zero-order valence-corrected chi connectivity index (χ0v) is 11.0. The van der Waals surface area contributed by atoms with Crippen LogP contribution in [-0.4, -0.2) is 25.7 Å². The average molecular weight is 246 g/mol. The molecule has 2 saturated heterocycles. The number of piperidine rings is 1. The summed E-state index contributed by atoms with van der Waals surface area (Å²) in [6, 6.07) is 9.71. The Balaban J connectivity index is 1.89. The molecule has 3 nitrogen and oxygen atoms in total. The molecular formula is C15H22N2O. The van der Waals surface area contributed by atoms with Crippen LogP contribution in [0.3, 0.4) is 0 Å². The standard InChI is InChI=1S/C15H22N2O/c1-18-15-5-3-2-4-14(15)17-12-6-7-13(17)9-11(8-12)10-16/h2-5,11-13H,6-10,16H2,1H3. The molecule has 2 fully saturated rings. The molecule has 3 rings (SSSR count). The molecule has 0 radical (unpaired) electrons. The van der Waals surface area contributed by atoms with Crippen LogP contribution in [0.1, 0.15) is 25.7 Å². The van der Waals surface area contributed by atoms with Crippen LogP contribution >= 0.6 is 0 Å². The number of benzene rings is 1. The Morgan fingerprint density at radius 3 is 2.50 bits per heavy atom. The lowest BCUT2D eigenvalue weighted by molar-refractivity contribution is 0.341. The molecule has 2 heterocycles. The van der Waals surface area contributed by atoms with Gasteiger partial charge >= 0.3 is 0 Å². The minimum atomic E-state index is 0.661. The van der Waals surface area contributed by atoms with Gasteiger partial charge in [-0.15, -0.1) is 0 Å². The highest BCUT2D eigenvalue weighted by atomic mass is 16.5. The van der Waals surface area contributed by atoms with Gasteiger partial charge in [0.05, 0.1) is 12.8 Å². The molecule has 0 spiro atoms. The first-order valence-corrected chi connectivity index (χ1v) is 6.95. The lowest BCUT2D eigenvalue weighted by Crippen LogP contribution is -2.44. The van der Waals surface area contributed by atoms with Crippen LogP contribution in [0.25, 0.3) is 0 Å². The van der Waals surface area contributed by atoms with Crippen LogP contribution in [0.2, 0.25) is 0 Å². The van der Waals surface area contributed by atoms with Crippen molar-refractivity contribution in [1.82, 2.24) is 0 Å². The van der Waals surface area contributed by atoms with E-state index < -0.39 is 0 Å². The summed E-state index contributed by atoms with van der Waals surface area (Å²) < 4.78 is 5.51. The van der Waals surface area contributed by atoms with Crippen molar-refractivity contribution < 1.29 is 4.74 Å². The predicted molar refractivity (Wildman–Crippen MR) is 74.1 cm³/mol. The molecule has 0 amide bonds. The maximum absolute atomic E-state index is 5.85. The first-order chi connectivity index (χ1) is 8.83. The van der Waals surface area contributed by atoms with Crippen molar-refractivity contribution in [3.05, 3.63) is 24.3 Å². The number of hydrogen-bond acceptors (Lipinski definition) is 3. The number of fused-ring (bicyclic) bond motifs is 2. The van der Waals surface area contributed by atoms with Crippen LogP contribution in [0, 0.1) is 5.92 Å². The molecule has 2 aliphatic heterocycles. The van der Waals surface area contributed by atoms with Gasteiger partial charge in [-0.3, -0.25) is 0 Å². The van der Waals surface area contributed by atoms with Crippen molar-refractivity contribution in [3.63, 3.8) is 0 Å². The zero-order chi connectivity index (χ0) is 12.5. The molecule has 3 heteroatoms. The van der Waals surface area contributed by atoms with Crippen LogP contribution in [-0.2, 0) is 0 Å². The van der Waals surface area contributed by atoms with Crippen molar-refractivity contribution >= 4 is 5.69 Å². The van der Waals surface area contributed by atoms with Gasteiger partial charge in [-0.1, -0.05) is 12.1 Å². The van der Waals surface area contributed by atoms with Gasteiger partial charge in [0.2, 0.25) is 0 Å². The van der Waals surface area contributed by atoms with Gasteiger partial charge in [0, 0.05) is 12.1 Å². The van der Waals surface area contributed by atoms with E-state index in [1.54, 1.807) is 7.11 Å². The van der Waals surface area contributed by atoms with Gasteiger partial charge < -0.3 is 15.4 Å². The lowest BCUT2D eigenvalue weighted by atomic mass is 9.90. The van der Waals surface area contributed by atoms with E-state index in [1.807, 2.05) is 6.07 Å². The average Bonchev–Trinajstić information content (AvgIpc) is 2.68. The van der Waals surface area contributed by atoms with E-state index in [1.165, 1.54) is 31.4 Å². The number of ether oxygens (including phenoxy) is 1. The highest BCUT2D eigenvalue weighted by molar-refractivity contribution is 5.61. The summed E-state index contributed by atoms with van der Waals surface area (Å²) in [5.74, 6) is 1.72. The zero-order valence-electron chi connectivity index (χ0n) is 11.0. The summed E-state index contributed by atoms with van der Waals surface area (Å²) in [5.41, 5.74) is 7.12. The third-order valence-corrected chi connectivity index (χ3v) is 4.53. The summed E-state index contributed by atoms with van der Waals surface area (Å²) in [7, 11) is 1.76.